The van der Waals surface area contributed by atoms with Crippen molar-refractivity contribution in [1.29, 1.82) is 0 Å². The summed E-state index contributed by atoms with van der Waals surface area (Å²) in [7, 11) is -3.54. The SMILES string of the molecule is Cc1ccc(S(=O)(=O)N2CCN(C(=O)c3ccncc3)CC2)c(C)c1. The quantitative estimate of drug-likeness (QED) is 0.838. The van der Waals surface area contributed by atoms with Crippen molar-refractivity contribution in [3.05, 3.63) is 59.4 Å². The molecule has 1 fully saturated rings. The fourth-order valence-corrected chi connectivity index (χ4v) is 4.66. The molecule has 0 radical (unpaired) electrons. The van der Waals surface area contributed by atoms with Crippen molar-refractivity contribution in [1.82, 2.24) is 14.2 Å². The fourth-order valence-electron chi connectivity index (χ4n) is 3.04. The molecule has 1 saturated heterocycles. The zero-order chi connectivity index (χ0) is 18.0. The topological polar surface area (TPSA) is 70.6 Å². The molecule has 2 heterocycles. The van der Waals surface area contributed by atoms with E-state index in [1.165, 1.54) is 4.31 Å². The predicted molar refractivity (Wildman–Crippen MR) is 94.8 cm³/mol. The summed E-state index contributed by atoms with van der Waals surface area (Å²) in [6.07, 6.45) is 3.15. The maximum Gasteiger partial charge on any atom is 0.254 e. The lowest BCUT2D eigenvalue weighted by molar-refractivity contribution is 0.0697. The van der Waals surface area contributed by atoms with Crippen LogP contribution < -0.4 is 0 Å². The summed E-state index contributed by atoms with van der Waals surface area (Å²) in [5.74, 6) is -0.0917. The zero-order valence-electron chi connectivity index (χ0n) is 14.3. The molecule has 1 aliphatic heterocycles. The molecule has 0 unspecified atom stereocenters. The van der Waals surface area contributed by atoms with Crippen LogP contribution in [0.25, 0.3) is 0 Å². The van der Waals surface area contributed by atoms with E-state index in [0.717, 1.165) is 11.1 Å². The van der Waals surface area contributed by atoms with Crippen LogP contribution in [0.1, 0.15) is 21.5 Å². The van der Waals surface area contributed by atoms with Crippen LogP contribution in [0.15, 0.2) is 47.6 Å². The lowest BCUT2D eigenvalue weighted by Gasteiger charge is -2.34. The van der Waals surface area contributed by atoms with Crippen molar-refractivity contribution in [2.75, 3.05) is 26.2 Å². The first-order chi connectivity index (χ1) is 11.9. The number of carbonyl (C=O) groups excluding carboxylic acids is 1. The largest absolute Gasteiger partial charge is 0.336 e. The summed E-state index contributed by atoms with van der Waals surface area (Å²) in [4.78, 5) is 18.4. The van der Waals surface area contributed by atoms with Gasteiger partial charge in [0.05, 0.1) is 4.90 Å². The Morgan fingerprint density at radius 1 is 1.00 bits per heavy atom. The first kappa shape index (κ1) is 17.6. The normalized spacial score (nSPS) is 16.0. The number of rotatable bonds is 3. The Kier molecular flexibility index (Phi) is 4.87. The molecule has 0 N–H and O–H groups in total. The minimum atomic E-state index is -3.54. The number of hydrogen-bond acceptors (Lipinski definition) is 4. The minimum absolute atomic E-state index is 0.0917. The van der Waals surface area contributed by atoms with Gasteiger partial charge in [-0.1, -0.05) is 17.7 Å². The van der Waals surface area contributed by atoms with Crippen molar-refractivity contribution >= 4 is 15.9 Å². The molecule has 3 rings (SSSR count). The Hall–Kier alpha value is -2.25. The first-order valence-corrected chi connectivity index (χ1v) is 9.60. The van der Waals surface area contributed by atoms with E-state index in [-0.39, 0.29) is 5.91 Å². The highest BCUT2D eigenvalue weighted by atomic mass is 32.2. The highest BCUT2D eigenvalue weighted by molar-refractivity contribution is 7.89. The molecule has 0 spiro atoms. The van der Waals surface area contributed by atoms with E-state index in [1.54, 1.807) is 35.5 Å². The molecule has 25 heavy (non-hydrogen) atoms. The summed E-state index contributed by atoms with van der Waals surface area (Å²) in [6.45, 7) is 5.10. The second kappa shape index (κ2) is 6.93. The third-order valence-corrected chi connectivity index (χ3v) is 6.46. The van der Waals surface area contributed by atoms with Gasteiger partial charge in [0.2, 0.25) is 10.0 Å². The monoisotopic (exact) mass is 359 g/mol. The van der Waals surface area contributed by atoms with Crippen molar-refractivity contribution < 1.29 is 13.2 Å². The molecule has 6 nitrogen and oxygen atoms in total. The molecular formula is C18H21N3O3S. The van der Waals surface area contributed by atoms with Gasteiger partial charge in [0.15, 0.2) is 0 Å². The maximum absolute atomic E-state index is 12.9. The van der Waals surface area contributed by atoms with Crippen molar-refractivity contribution in [3.63, 3.8) is 0 Å². The molecule has 0 bridgehead atoms. The van der Waals surface area contributed by atoms with Gasteiger partial charge in [-0.15, -0.1) is 0 Å². The van der Waals surface area contributed by atoms with Crippen LogP contribution in [0.4, 0.5) is 0 Å². The third-order valence-electron chi connectivity index (χ3n) is 4.40. The number of piperazine rings is 1. The second-order valence-electron chi connectivity index (χ2n) is 6.20. The summed E-state index contributed by atoms with van der Waals surface area (Å²) < 4.78 is 27.2. The van der Waals surface area contributed by atoms with Crippen LogP contribution in [-0.4, -0.2) is 54.7 Å². The van der Waals surface area contributed by atoms with Crippen LogP contribution >= 0.6 is 0 Å². The Morgan fingerprint density at radius 2 is 1.64 bits per heavy atom. The average Bonchev–Trinajstić information content (AvgIpc) is 2.61. The number of benzene rings is 1. The highest BCUT2D eigenvalue weighted by Gasteiger charge is 2.31. The van der Waals surface area contributed by atoms with Crippen LogP contribution in [0.3, 0.4) is 0 Å². The molecule has 132 valence electrons. The molecule has 1 aliphatic rings. The van der Waals surface area contributed by atoms with Crippen LogP contribution in [0.5, 0.6) is 0 Å². The summed E-state index contributed by atoms with van der Waals surface area (Å²) in [6, 6.07) is 8.68. The van der Waals surface area contributed by atoms with E-state index in [4.69, 9.17) is 0 Å². The van der Waals surface area contributed by atoms with Gasteiger partial charge in [0.25, 0.3) is 5.91 Å². The minimum Gasteiger partial charge on any atom is -0.336 e. The van der Waals surface area contributed by atoms with E-state index in [0.29, 0.717) is 36.6 Å². The highest BCUT2D eigenvalue weighted by Crippen LogP contribution is 2.22. The van der Waals surface area contributed by atoms with Crippen LogP contribution in [0.2, 0.25) is 0 Å². The predicted octanol–water partition coefficient (Wildman–Crippen LogP) is 1.85. The Balaban J connectivity index is 1.72. The molecular weight excluding hydrogens is 338 g/mol. The lowest BCUT2D eigenvalue weighted by atomic mass is 10.2. The summed E-state index contributed by atoms with van der Waals surface area (Å²) >= 11 is 0. The van der Waals surface area contributed by atoms with Gasteiger partial charge < -0.3 is 4.90 Å². The van der Waals surface area contributed by atoms with Gasteiger partial charge >= 0.3 is 0 Å². The Morgan fingerprint density at radius 3 is 2.24 bits per heavy atom. The smallest absolute Gasteiger partial charge is 0.254 e. The van der Waals surface area contributed by atoms with Gasteiger partial charge in [-0.25, -0.2) is 8.42 Å². The maximum atomic E-state index is 12.9. The molecule has 0 atom stereocenters. The first-order valence-electron chi connectivity index (χ1n) is 8.16. The molecule has 7 heteroatoms. The number of aromatic nitrogens is 1. The zero-order valence-corrected chi connectivity index (χ0v) is 15.2. The van der Waals surface area contributed by atoms with E-state index in [1.807, 2.05) is 26.0 Å². The van der Waals surface area contributed by atoms with Gasteiger partial charge in [0, 0.05) is 44.1 Å². The Bertz CT molecular complexity index is 874. The molecule has 1 aromatic carbocycles. The van der Waals surface area contributed by atoms with E-state index in [9.17, 15) is 13.2 Å². The van der Waals surface area contributed by atoms with Gasteiger partial charge in [-0.2, -0.15) is 4.31 Å². The van der Waals surface area contributed by atoms with Crippen molar-refractivity contribution in [3.8, 4) is 0 Å². The lowest BCUT2D eigenvalue weighted by Crippen LogP contribution is -2.50. The number of nitrogens with zero attached hydrogens (tertiary/aromatic N) is 3. The van der Waals surface area contributed by atoms with E-state index in [2.05, 4.69) is 4.98 Å². The number of sulfonamides is 1. The van der Waals surface area contributed by atoms with Gasteiger partial charge in [-0.05, 0) is 37.6 Å². The summed E-state index contributed by atoms with van der Waals surface area (Å²) in [5.41, 5.74) is 2.35. The van der Waals surface area contributed by atoms with Crippen molar-refractivity contribution in [2.24, 2.45) is 0 Å². The van der Waals surface area contributed by atoms with Gasteiger partial charge in [0.1, 0.15) is 0 Å². The molecule has 0 aliphatic carbocycles. The molecule has 1 aromatic heterocycles. The fraction of sp³-hybridized carbons (Fsp3) is 0.333. The number of carbonyl (C=O) groups is 1. The average molecular weight is 359 g/mol. The van der Waals surface area contributed by atoms with Crippen LogP contribution in [-0.2, 0) is 10.0 Å². The standard InChI is InChI=1S/C18H21N3O3S/c1-14-3-4-17(15(2)13-14)25(23,24)21-11-9-20(10-12-21)18(22)16-5-7-19-8-6-16/h3-8,13H,9-12H2,1-2H3. The van der Waals surface area contributed by atoms with E-state index < -0.39 is 10.0 Å². The molecule has 0 saturated carbocycles. The van der Waals surface area contributed by atoms with E-state index >= 15 is 0 Å². The van der Waals surface area contributed by atoms with Crippen LogP contribution in [0, 0.1) is 13.8 Å². The summed E-state index contributed by atoms with van der Waals surface area (Å²) in [5, 5.41) is 0. The third kappa shape index (κ3) is 3.57. The number of pyridine rings is 1. The number of aryl methyl sites for hydroxylation is 2. The van der Waals surface area contributed by atoms with Crippen molar-refractivity contribution in [2.45, 2.75) is 18.7 Å². The number of hydrogen-bond donors (Lipinski definition) is 0. The molecule has 2 aromatic rings. The Labute approximate surface area is 148 Å². The number of amides is 1. The molecule has 1 amide bonds. The van der Waals surface area contributed by atoms with Gasteiger partial charge in [-0.3, -0.25) is 9.78 Å². The second-order valence-corrected chi connectivity index (χ2v) is 8.11.